The fourth-order valence-corrected chi connectivity index (χ4v) is 5.34. The number of aromatic nitrogens is 3. The highest BCUT2D eigenvalue weighted by Gasteiger charge is 2.34. The van der Waals surface area contributed by atoms with E-state index in [0.717, 1.165) is 16.5 Å². The second-order valence-corrected chi connectivity index (χ2v) is 10.4. The summed E-state index contributed by atoms with van der Waals surface area (Å²) in [4.78, 5) is 16.2. The first kappa shape index (κ1) is 20.1. The molecule has 9 nitrogen and oxygen atoms in total. The number of benzene rings is 1. The Morgan fingerprint density at radius 1 is 1.26 bits per heavy atom. The standard InChI is InChI=1S/C21H24N6O3S/c1-14-8-16-18(23-9-14)25-20(26-19(16)24-11-21(22)12-30-13-21)27-6-7-31(28,29)17-5-3-2-4-15(17)10-27/h2-5,8-9H,6-7,10-13,22H2,1H3,(H,23,24,25,26). The number of hydrogen-bond acceptors (Lipinski definition) is 9. The van der Waals surface area contributed by atoms with Crippen LogP contribution in [0.1, 0.15) is 11.1 Å². The third-order valence-corrected chi connectivity index (χ3v) is 7.43. The maximum absolute atomic E-state index is 12.7. The highest BCUT2D eigenvalue weighted by molar-refractivity contribution is 7.91. The average Bonchev–Trinajstić information content (AvgIpc) is 2.87. The molecule has 0 aliphatic carbocycles. The summed E-state index contributed by atoms with van der Waals surface area (Å²) in [5.74, 6) is 1.07. The summed E-state index contributed by atoms with van der Waals surface area (Å²) in [5.41, 5.74) is 8.14. The van der Waals surface area contributed by atoms with Gasteiger partial charge in [-0.25, -0.2) is 13.4 Å². The number of nitrogens with zero attached hydrogens (tertiary/aromatic N) is 4. The minimum atomic E-state index is -3.36. The summed E-state index contributed by atoms with van der Waals surface area (Å²) in [6, 6.07) is 9.07. The monoisotopic (exact) mass is 440 g/mol. The van der Waals surface area contributed by atoms with E-state index < -0.39 is 15.4 Å². The Labute approximate surface area is 180 Å². The molecule has 1 fully saturated rings. The van der Waals surface area contributed by atoms with E-state index in [1.807, 2.05) is 30.0 Å². The van der Waals surface area contributed by atoms with Gasteiger partial charge in [-0.05, 0) is 30.2 Å². The Hall–Kier alpha value is -2.82. The van der Waals surface area contributed by atoms with E-state index in [9.17, 15) is 8.42 Å². The fourth-order valence-electron chi connectivity index (χ4n) is 3.84. The van der Waals surface area contributed by atoms with Gasteiger partial charge >= 0.3 is 0 Å². The highest BCUT2D eigenvalue weighted by atomic mass is 32.2. The van der Waals surface area contributed by atoms with E-state index in [2.05, 4.69) is 15.3 Å². The van der Waals surface area contributed by atoms with E-state index in [4.69, 9.17) is 15.5 Å². The number of fused-ring (bicyclic) bond motifs is 2. The van der Waals surface area contributed by atoms with Crippen molar-refractivity contribution < 1.29 is 13.2 Å². The third kappa shape index (κ3) is 3.82. The van der Waals surface area contributed by atoms with Gasteiger partial charge in [0.05, 0.1) is 34.8 Å². The number of nitrogens with one attached hydrogen (secondary N) is 1. The first-order valence-corrected chi connectivity index (χ1v) is 11.8. The third-order valence-electron chi connectivity index (χ3n) is 5.64. The Morgan fingerprint density at radius 2 is 2.06 bits per heavy atom. The van der Waals surface area contributed by atoms with Crippen molar-refractivity contribution in [3.05, 3.63) is 47.7 Å². The van der Waals surface area contributed by atoms with E-state index in [1.165, 1.54) is 0 Å². The number of anilines is 2. The zero-order valence-corrected chi connectivity index (χ0v) is 18.0. The van der Waals surface area contributed by atoms with Crippen molar-refractivity contribution in [2.45, 2.75) is 23.9 Å². The maximum Gasteiger partial charge on any atom is 0.229 e. The van der Waals surface area contributed by atoms with Gasteiger partial charge < -0.3 is 20.7 Å². The summed E-state index contributed by atoms with van der Waals surface area (Å²) in [7, 11) is -3.36. The van der Waals surface area contributed by atoms with Gasteiger partial charge in [0.1, 0.15) is 5.82 Å². The zero-order chi connectivity index (χ0) is 21.6. The van der Waals surface area contributed by atoms with Crippen molar-refractivity contribution in [1.29, 1.82) is 0 Å². The molecule has 0 atom stereocenters. The maximum atomic E-state index is 12.7. The highest BCUT2D eigenvalue weighted by Crippen LogP contribution is 2.28. The van der Waals surface area contributed by atoms with Crippen LogP contribution in [0, 0.1) is 6.92 Å². The summed E-state index contributed by atoms with van der Waals surface area (Å²) in [5, 5.41) is 4.15. The molecule has 2 aliphatic heterocycles. The molecule has 4 heterocycles. The van der Waals surface area contributed by atoms with Crippen LogP contribution in [0.3, 0.4) is 0 Å². The van der Waals surface area contributed by atoms with Gasteiger partial charge in [0, 0.05) is 25.8 Å². The number of rotatable bonds is 4. The van der Waals surface area contributed by atoms with Gasteiger partial charge in [-0.1, -0.05) is 18.2 Å². The van der Waals surface area contributed by atoms with Crippen LogP contribution in [0.2, 0.25) is 0 Å². The largest absolute Gasteiger partial charge is 0.377 e. The molecular weight excluding hydrogens is 416 g/mol. The number of sulfone groups is 1. The van der Waals surface area contributed by atoms with Crippen molar-refractivity contribution in [2.75, 3.05) is 42.3 Å². The quantitative estimate of drug-likeness (QED) is 0.617. The van der Waals surface area contributed by atoms with Crippen LogP contribution in [0.25, 0.3) is 11.0 Å². The van der Waals surface area contributed by atoms with Crippen molar-refractivity contribution in [1.82, 2.24) is 15.0 Å². The molecule has 0 spiro atoms. The molecule has 10 heteroatoms. The molecule has 2 aliphatic rings. The second kappa shape index (κ2) is 7.40. The summed E-state index contributed by atoms with van der Waals surface area (Å²) >= 11 is 0. The summed E-state index contributed by atoms with van der Waals surface area (Å²) in [6.07, 6.45) is 1.76. The fraction of sp³-hybridized carbons (Fsp3) is 0.381. The first-order chi connectivity index (χ1) is 14.8. The Bertz CT molecular complexity index is 1260. The number of pyridine rings is 1. The molecular formula is C21H24N6O3S. The van der Waals surface area contributed by atoms with E-state index >= 15 is 0 Å². The van der Waals surface area contributed by atoms with Crippen molar-refractivity contribution in [3.8, 4) is 0 Å². The Balaban J connectivity index is 1.54. The molecule has 31 heavy (non-hydrogen) atoms. The number of aryl methyl sites for hydroxylation is 1. The molecule has 1 saturated heterocycles. The Morgan fingerprint density at radius 3 is 2.84 bits per heavy atom. The van der Waals surface area contributed by atoms with Crippen LogP contribution < -0.4 is 16.0 Å². The average molecular weight is 441 g/mol. The van der Waals surface area contributed by atoms with Gasteiger partial charge in [0.15, 0.2) is 15.5 Å². The number of hydrogen-bond donors (Lipinski definition) is 2. The topological polar surface area (TPSA) is 123 Å². The van der Waals surface area contributed by atoms with Gasteiger partial charge in [0.2, 0.25) is 5.95 Å². The molecule has 0 unspecified atom stereocenters. The molecule has 1 aromatic carbocycles. The molecule has 0 bridgehead atoms. The molecule has 0 radical (unpaired) electrons. The Kier molecular flexibility index (Phi) is 4.80. The lowest BCUT2D eigenvalue weighted by Crippen LogP contribution is -2.61. The lowest BCUT2D eigenvalue weighted by atomic mass is 9.99. The molecule has 0 saturated carbocycles. The van der Waals surface area contributed by atoms with Crippen LogP contribution in [0.15, 0.2) is 41.4 Å². The molecule has 3 N–H and O–H groups in total. The molecule has 5 rings (SSSR count). The number of ether oxygens (including phenoxy) is 1. The zero-order valence-electron chi connectivity index (χ0n) is 17.2. The van der Waals surface area contributed by atoms with Crippen molar-refractivity contribution in [3.63, 3.8) is 0 Å². The van der Waals surface area contributed by atoms with Crippen LogP contribution in [0.4, 0.5) is 11.8 Å². The summed E-state index contributed by atoms with van der Waals surface area (Å²) < 4.78 is 30.7. The molecule has 2 aromatic heterocycles. The first-order valence-electron chi connectivity index (χ1n) is 10.1. The van der Waals surface area contributed by atoms with E-state index in [0.29, 0.717) is 55.2 Å². The van der Waals surface area contributed by atoms with E-state index in [1.54, 1.807) is 18.3 Å². The van der Waals surface area contributed by atoms with Crippen LogP contribution in [0.5, 0.6) is 0 Å². The summed E-state index contributed by atoms with van der Waals surface area (Å²) in [6.45, 7) is 4.15. The van der Waals surface area contributed by atoms with Crippen LogP contribution in [-0.4, -0.2) is 61.0 Å². The lowest BCUT2D eigenvalue weighted by molar-refractivity contribution is -0.0461. The molecule has 3 aromatic rings. The van der Waals surface area contributed by atoms with Crippen molar-refractivity contribution in [2.24, 2.45) is 5.73 Å². The second-order valence-electron chi connectivity index (χ2n) is 8.31. The van der Waals surface area contributed by atoms with Gasteiger partial charge in [-0.15, -0.1) is 0 Å². The van der Waals surface area contributed by atoms with Crippen LogP contribution >= 0.6 is 0 Å². The lowest BCUT2D eigenvalue weighted by Gasteiger charge is -2.37. The predicted molar refractivity (Wildman–Crippen MR) is 118 cm³/mol. The molecule has 162 valence electrons. The van der Waals surface area contributed by atoms with Crippen LogP contribution in [-0.2, 0) is 21.1 Å². The number of nitrogens with two attached hydrogens (primary N) is 1. The predicted octanol–water partition coefficient (Wildman–Crippen LogP) is 1.27. The SMILES string of the molecule is Cc1cnc2nc(N3CCS(=O)(=O)c4ccccc4C3)nc(NCC3(N)COC3)c2c1. The smallest absolute Gasteiger partial charge is 0.229 e. The van der Waals surface area contributed by atoms with Crippen molar-refractivity contribution >= 4 is 32.6 Å². The molecule has 0 amide bonds. The minimum Gasteiger partial charge on any atom is -0.377 e. The van der Waals surface area contributed by atoms with E-state index in [-0.39, 0.29) is 5.75 Å². The van der Waals surface area contributed by atoms with Gasteiger partial charge in [-0.2, -0.15) is 9.97 Å². The van der Waals surface area contributed by atoms with Gasteiger partial charge in [0.25, 0.3) is 0 Å². The minimum absolute atomic E-state index is 0.00124. The normalized spacial score (nSPS) is 19.4. The van der Waals surface area contributed by atoms with Gasteiger partial charge in [-0.3, -0.25) is 0 Å².